The van der Waals surface area contributed by atoms with Crippen LogP contribution in [0.15, 0.2) is 0 Å². The van der Waals surface area contributed by atoms with Crippen molar-refractivity contribution in [1.29, 1.82) is 0 Å². The van der Waals surface area contributed by atoms with E-state index in [1.54, 1.807) is 7.11 Å². The highest BCUT2D eigenvalue weighted by molar-refractivity contribution is 5.83. The second kappa shape index (κ2) is 3.34. The van der Waals surface area contributed by atoms with Gasteiger partial charge in [0.15, 0.2) is 0 Å². The Labute approximate surface area is 148 Å². The summed E-state index contributed by atoms with van der Waals surface area (Å²) in [6.07, 6.45) is 6.43. The minimum atomic E-state index is -0.761. The van der Waals surface area contributed by atoms with Crippen molar-refractivity contribution in [3.05, 3.63) is 0 Å². The minimum absolute atomic E-state index is 0.00220. The summed E-state index contributed by atoms with van der Waals surface area (Å²) in [6.45, 7) is 2.45. The molecule has 134 valence electrons. The molecule has 25 heavy (non-hydrogen) atoms. The standard InChI is InChI=1S/C22H28O3/c1-20-15-8-4-3-5-9(8)16-13(15)14-17-10-6-7-11(12(10)18(14)20)22(20,24)21(16,17)19(23)25-2/h8-18,24H,3-7H2,1-2H3/t8-,9+,10+,11-,12+,13+,14+,15-,16-,17+,18+,20-,21-,22+/m0/s1. The first kappa shape index (κ1) is 13.6. The first-order chi connectivity index (χ1) is 12.1. The van der Waals surface area contributed by atoms with Crippen LogP contribution in [0.3, 0.4) is 0 Å². The van der Waals surface area contributed by atoms with Gasteiger partial charge in [0.2, 0.25) is 0 Å². The molecule has 0 aromatic rings. The number of hydrogen-bond acceptors (Lipinski definition) is 3. The van der Waals surface area contributed by atoms with Gasteiger partial charge in [-0.05, 0) is 90.8 Å². The summed E-state index contributed by atoms with van der Waals surface area (Å²) < 4.78 is 5.56. The summed E-state index contributed by atoms with van der Waals surface area (Å²) in [5, 5.41) is 12.6. The summed E-state index contributed by atoms with van der Waals surface area (Å²) in [6, 6.07) is 0. The number of carbonyl (C=O) groups excluding carboxylic acids is 1. The summed E-state index contributed by atoms with van der Waals surface area (Å²) >= 11 is 0. The van der Waals surface area contributed by atoms with E-state index in [-0.39, 0.29) is 11.4 Å². The highest BCUT2D eigenvalue weighted by Crippen LogP contribution is 2.98. The number of hydrogen-bond donors (Lipinski definition) is 1. The van der Waals surface area contributed by atoms with Crippen LogP contribution < -0.4 is 0 Å². The lowest BCUT2D eigenvalue weighted by molar-refractivity contribution is -0.262. The van der Waals surface area contributed by atoms with Crippen LogP contribution >= 0.6 is 0 Å². The molecular weight excluding hydrogens is 312 g/mol. The number of methoxy groups -OCH3 is 1. The van der Waals surface area contributed by atoms with Crippen LogP contribution in [-0.2, 0) is 9.53 Å². The van der Waals surface area contributed by atoms with E-state index in [0.29, 0.717) is 35.5 Å². The largest absolute Gasteiger partial charge is 0.468 e. The van der Waals surface area contributed by atoms with Crippen molar-refractivity contribution in [3.8, 4) is 0 Å². The molecule has 3 nitrogen and oxygen atoms in total. The zero-order valence-corrected chi connectivity index (χ0v) is 15.2. The Morgan fingerprint density at radius 2 is 1.60 bits per heavy atom. The van der Waals surface area contributed by atoms with E-state index in [2.05, 4.69) is 6.92 Å². The lowest BCUT2D eigenvalue weighted by atomic mass is 9.43. The molecular formula is C22H28O3. The highest BCUT2D eigenvalue weighted by Gasteiger charge is 3.01. The molecule has 3 heteroatoms. The number of rotatable bonds is 1. The van der Waals surface area contributed by atoms with Gasteiger partial charge in [-0.1, -0.05) is 13.3 Å². The maximum atomic E-state index is 13.6. The molecule has 0 spiro atoms. The van der Waals surface area contributed by atoms with Gasteiger partial charge in [0.05, 0.1) is 12.7 Å². The normalized spacial score (nSPS) is 76.8. The summed E-state index contributed by atoms with van der Waals surface area (Å²) in [5.41, 5.74) is -1.30. The fourth-order valence-electron chi connectivity index (χ4n) is 13.0. The van der Waals surface area contributed by atoms with Gasteiger partial charge in [0, 0.05) is 5.41 Å². The van der Waals surface area contributed by atoms with Gasteiger partial charge >= 0.3 is 5.97 Å². The summed E-state index contributed by atoms with van der Waals surface area (Å²) in [7, 11) is 1.58. The molecule has 1 N–H and O–H groups in total. The number of aliphatic hydroxyl groups is 1. The van der Waals surface area contributed by atoms with Gasteiger partial charge in [-0.15, -0.1) is 0 Å². The number of carbonyl (C=O) groups is 1. The van der Waals surface area contributed by atoms with E-state index in [1.165, 1.54) is 32.1 Å². The molecule has 9 fully saturated rings. The molecule has 0 aromatic heterocycles. The number of fused-ring (bicyclic) bond motifs is 1. The van der Waals surface area contributed by atoms with Crippen molar-refractivity contribution in [3.63, 3.8) is 0 Å². The van der Waals surface area contributed by atoms with Gasteiger partial charge in [-0.3, -0.25) is 4.79 Å². The first-order valence-corrected chi connectivity index (χ1v) is 10.9. The monoisotopic (exact) mass is 340 g/mol. The van der Waals surface area contributed by atoms with Gasteiger partial charge in [-0.25, -0.2) is 0 Å². The average molecular weight is 340 g/mol. The Hall–Kier alpha value is -0.570. The predicted molar refractivity (Wildman–Crippen MR) is 89.0 cm³/mol. The van der Waals surface area contributed by atoms with Crippen molar-refractivity contribution in [2.24, 2.45) is 75.9 Å². The topological polar surface area (TPSA) is 46.5 Å². The molecule has 9 rings (SSSR count). The maximum Gasteiger partial charge on any atom is 0.315 e. The third kappa shape index (κ3) is 0.822. The molecule has 0 radical (unpaired) electrons. The molecule has 0 saturated heterocycles. The number of ether oxygens (including phenoxy) is 1. The van der Waals surface area contributed by atoms with Crippen molar-refractivity contribution < 1.29 is 14.6 Å². The predicted octanol–water partition coefficient (Wildman–Crippen LogP) is 2.72. The lowest BCUT2D eigenvalue weighted by Gasteiger charge is -2.62. The quantitative estimate of drug-likeness (QED) is 0.747. The van der Waals surface area contributed by atoms with Crippen LogP contribution in [0.25, 0.3) is 0 Å². The summed E-state index contributed by atoms with van der Waals surface area (Å²) in [5.74, 6) is 7.12. The van der Waals surface area contributed by atoms with Crippen LogP contribution in [0.5, 0.6) is 0 Å². The molecule has 9 aliphatic carbocycles. The minimum Gasteiger partial charge on any atom is -0.468 e. The van der Waals surface area contributed by atoms with Crippen molar-refractivity contribution >= 4 is 5.97 Å². The molecule has 9 bridgehead atoms. The van der Waals surface area contributed by atoms with Gasteiger partial charge in [0.25, 0.3) is 0 Å². The van der Waals surface area contributed by atoms with Crippen LogP contribution in [-0.4, -0.2) is 23.8 Å². The third-order valence-corrected chi connectivity index (χ3v) is 12.2. The Morgan fingerprint density at radius 1 is 0.920 bits per heavy atom. The van der Waals surface area contributed by atoms with Crippen molar-refractivity contribution in [2.75, 3.05) is 7.11 Å². The molecule has 0 aliphatic heterocycles. The lowest BCUT2D eigenvalue weighted by Crippen LogP contribution is -2.72. The average Bonchev–Trinajstić information content (AvgIpc) is 3.34. The molecule has 9 saturated carbocycles. The van der Waals surface area contributed by atoms with E-state index in [9.17, 15) is 9.90 Å². The Bertz CT molecular complexity index is 762. The maximum absolute atomic E-state index is 13.6. The Kier molecular flexibility index (Phi) is 1.81. The van der Waals surface area contributed by atoms with Gasteiger partial charge < -0.3 is 9.84 Å². The second-order valence-corrected chi connectivity index (χ2v) is 11.4. The SMILES string of the molecule is COC(=O)[C@@]12[C@@H]3[C@@H]4CC[C@H]5[C@@H]4[C@@H]4[C@@H]3[C@@H]3[C@H]([C@H]6CCC[C@H]6[C@@H]31)[C@]4(C)[C@]52O. The van der Waals surface area contributed by atoms with E-state index >= 15 is 0 Å². The zero-order chi connectivity index (χ0) is 16.7. The van der Waals surface area contributed by atoms with E-state index in [1.807, 2.05) is 0 Å². The molecule has 0 aromatic carbocycles. The van der Waals surface area contributed by atoms with Crippen molar-refractivity contribution in [2.45, 2.75) is 44.6 Å². The molecule has 0 heterocycles. The van der Waals surface area contributed by atoms with Crippen LogP contribution in [0.1, 0.15) is 39.0 Å². The fourth-order valence-corrected chi connectivity index (χ4v) is 13.0. The van der Waals surface area contributed by atoms with Crippen LogP contribution in [0.4, 0.5) is 0 Å². The smallest absolute Gasteiger partial charge is 0.315 e. The zero-order valence-electron chi connectivity index (χ0n) is 15.2. The van der Waals surface area contributed by atoms with E-state index in [4.69, 9.17) is 4.74 Å². The molecule has 0 amide bonds. The van der Waals surface area contributed by atoms with Crippen molar-refractivity contribution in [1.82, 2.24) is 0 Å². The van der Waals surface area contributed by atoms with E-state index < -0.39 is 11.0 Å². The third-order valence-electron chi connectivity index (χ3n) is 12.2. The Morgan fingerprint density at radius 3 is 2.36 bits per heavy atom. The molecule has 14 atom stereocenters. The number of esters is 1. The van der Waals surface area contributed by atoms with Gasteiger partial charge in [-0.2, -0.15) is 0 Å². The van der Waals surface area contributed by atoms with E-state index in [0.717, 1.165) is 29.6 Å². The van der Waals surface area contributed by atoms with Crippen LogP contribution in [0.2, 0.25) is 0 Å². The molecule has 0 unspecified atom stereocenters. The summed E-state index contributed by atoms with van der Waals surface area (Å²) in [4.78, 5) is 13.6. The second-order valence-electron chi connectivity index (χ2n) is 11.4. The van der Waals surface area contributed by atoms with Crippen LogP contribution in [0, 0.1) is 75.9 Å². The molecule has 9 aliphatic rings. The Balaban J connectivity index is 1.53. The van der Waals surface area contributed by atoms with Gasteiger partial charge in [0.1, 0.15) is 5.41 Å². The fraction of sp³-hybridized carbons (Fsp3) is 0.955. The first-order valence-electron chi connectivity index (χ1n) is 10.9. The highest BCUT2D eigenvalue weighted by atomic mass is 16.5.